The molecule has 5 aromatic rings. The molecule has 0 aliphatic carbocycles. The number of aromatic nitrogens is 2. The van der Waals surface area contributed by atoms with Crippen LogP contribution in [0.3, 0.4) is 0 Å². The Morgan fingerprint density at radius 3 is 2.23 bits per heavy atom. The largest absolute Gasteiger partial charge is 0.435 e. The third kappa shape index (κ3) is 4.95. The van der Waals surface area contributed by atoms with Gasteiger partial charge in [-0.05, 0) is 73.2 Å². The highest BCUT2D eigenvalue weighted by Crippen LogP contribution is 2.44. The van der Waals surface area contributed by atoms with Crippen LogP contribution in [0.2, 0.25) is 0 Å². The van der Waals surface area contributed by atoms with Gasteiger partial charge in [-0.3, -0.25) is 5.01 Å². The Labute approximate surface area is 233 Å². The van der Waals surface area contributed by atoms with E-state index in [0.717, 1.165) is 38.4 Å². The van der Waals surface area contributed by atoms with Crippen molar-refractivity contribution in [2.45, 2.75) is 19.4 Å². The molecule has 1 aromatic heterocycles. The number of hydrogen-bond acceptors (Lipinski definition) is 4. The van der Waals surface area contributed by atoms with Crippen molar-refractivity contribution in [3.63, 3.8) is 0 Å². The van der Waals surface area contributed by atoms with Crippen molar-refractivity contribution in [1.29, 1.82) is 0 Å². The smallest absolute Gasteiger partial charge is 0.228 e. The van der Waals surface area contributed by atoms with Crippen LogP contribution < -0.4 is 9.75 Å². The number of hydrogen-bond donors (Lipinski definition) is 0. The van der Waals surface area contributed by atoms with Gasteiger partial charge in [0.2, 0.25) is 5.88 Å². The highest BCUT2D eigenvalue weighted by Gasteiger charge is 2.36. The minimum Gasteiger partial charge on any atom is -0.435 e. The molecule has 39 heavy (non-hydrogen) atoms. The van der Waals surface area contributed by atoms with E-state index in [4.69, 9.17) is 14.9 Å². The molecule has 194 valence electrons. The van der Waals surface area contributed by atoms with Gasteiger partial charge in [0, 0.05) is 10.9 Å². The highest BCUT2D eigenvalue weighted by molar-refractivity contribution is 9.10. The molecule has 1 aliphatic heterocycles. The first-order valence-corrected chi connectivity index (χ1v) is 13.2. The summed E-state index contributed by atoms with van der Waals surface area (Å²) in [5.74, 6) is -0.268. The molecular formula is C31H23BrF2N4O. The van der Waals surface area contributed by atoms with E-state index in [1.807, 2.05) is 66.5 Å². The molecule has 0 spiro atoms. The second-order valence-electron chi connectivity index (χ2n) is 9.18. The summed E-state index contributed by atoms with van der Waals surface area (Å²) < 4.78 is 37.4. The summed E-state index contributed by atoms with van der Waals surface area (Å²) in [6.45, 7) is 1.92. The van der Waals surface area contributed by atoms with Crippen molar-refractivity contribution in [2.75, 3.05) is 5.01 Å². The molecule has 1 unspecified atom stereocenters. The van der Waals surface area contributed by atoms with Crippen molar-refractivity contribution in [2.24, 2.45) is 5.10 Å². The van der Waals surface area contributed by atoms with Crippen LogP contribution in [0.4, 0.5) is 14.5 Å². The van der Waals surface area contributed by atoms with Gasteiger partial charge in [0.05, 0.1) is 34.4 Å². The van der Waals surface area contributed by atoms with Crippen molar-refractivity contribution >= 4 is 27.3 Å². The van der Waals surface area contributed by atoms with Gasteiger partial charge in [-0.1, -0.05) is 58.4 Å². The maximum absolute atomic E-state index is 14.8. The molecule has 0 amide bonds. The number of para-hydroxylation sites is 2. The summed E-state index contributed by atoms with van der Waals surface area (Å²) >= 11 is 3.51. The first-order chi connectivity index (χ1) is 19.0. The minimum absolute atomic E-state index is 0.101. The van der Waals surface area contributed by atoms with Crippen LogP contribution >= 0.6 is 15.9 Å². The van der Waals surface area contributed by atoms with Crippen LogP contribution in [-0.2, 0) is 0 Å². The monoisotopic (exact) mass is 584 g/mol. The van der Waals surface area contributed by atoms with Crippen LogP contribution in [-0.4, -0.2) is 15.5 Å². The maximum Gasteiger partial charge on any atom is 0.228 e. The topological polar surface area (TPSA) is 42.6 Å². The average molecular weight is 585 g/mol. The number of anilines is 1. The van der Waals surface area contributed by atoms with E-state index in [9.17, 15) is 8.78 Å². The predicted molar refractivity (Wildman–Crippen MR) is 152 cm³/mol. The van der Waals surface area contributed by atoms with Crippen molar-refractivity contribution in [1.82, 2.24) is 9.78 Å². The molecular weight excluding hydrogens is 562 g/mol. The fourth-order valence-electron chi connectivity index (χ4n) is 4.76. The van der Waals surface area contributed by atoms with Gasteiger partial charge in [-0.2, -0.15) is 10.2 Å². The molecule has 5 nitrogen and oxygen atoms in total. The van der Waals surface area contributed by atoms with Crippen LogP contribution in [0, 0.1) is 18.6 Å². The second-order valence-corrected chi connectivity index (χ2v) is 10.1. The van der Waals surface area contributed by atoms with E-state index in [0.29, 0.717) is 12.3 Å². The van der Waals surface area contributed by atoms with Gasteiger partial charge < -0.3 is 4.74 Å². The van der Waals surface area contributed by atoms with Crippen LogP contribution in [0.15, 0.2) is 113 Å². The van der Waals surface area contributed by atoms with Gasteiger partial charge in [0.25, 0.3) is 0 Å². The Kier molecular flexibility index (Phi) is 6.70. The van der Waals surface area contributed by atoms with E-state index in [1.165, 1.54) is 18.2 Å². The minimum atomic E-state index is -0.471. The van der Waals surface area contributed by atoms with Crippen LogP contribution in [0.5, 0.6) is 11.6 Å². The molecule has 8 heteroatoms. The van der Waals surface area contributed by atoms with Gasteiger partial charge in [-0.15, -0.1) is 0 Å². The van der Waals surface area contributed by atoms with Gasteiger partial charge in [-0.25, -0.2) is 13.5 Å². The number of benzene rings is 4. The summed E-state index contributed by atoms with van der Waals surface area (Å²) in [5.41, 5.74) is 4.78. The van der Waals surface area contributed by atoms with Crippen molar-refractivity contribution < 1.29 is 13.5 Å². The highest BCUT2D eigenvalue weighted by atomic mass is 79.9. The standard InChI is InChI=1S/C31H23BrF2N4O/c1-20-30(31(39-29-10-6-5-9-26(29)34)38(35-20)24-7-3-2-4-8-24)28-19-27(21-11-15-23(33)16-12-21)36-37(28)25-17-13-22(32)14-18-25/h2-18,28H,19H2,1H3. The summed E-state index contributed by atoms with van der Waals surface area (Å²) in [6.07, 6.45) is 0.511. The Balaban J connectivity index is 1.51. The molecule has 2 heterocycles. The first-order valence-electron chi connectivity index (χ1n) is 12.4. The van der Waals surface area contributed by atoms with E-state index in [2.05, 4.69) is 15.9 Å². The quantitative estimate of drug-likeness (QED) is 0.201. The van der Waals surface area contributed by atoms with Crippen molar-refractivity contribution in [3.05, 3.63) is 136 Å². The van der Waals surface area contributed by atoms with E-state index >= 15 is 0 Å². The summed E-state index contributed by atoms with van der Waals surface area (Å²) in [6, 6.07) is 29.8. The summed E-state index contributed by atoms with van der Waals surface area (Å²) in [5, 5.41) is 11.7. The lowest BCUT2D eigenvalue weighted by molar-refractivity contribution is 0.406. The Morgan fingerprint density at radius 2 is 1.51 bits per heavy atom. The molecule has 1 aliphatic rings. The fourth-order valence-corrected chi connectivity index (χ4v) is 5.02. The molecule has 0 bridgehead atoms. The number of hydrazone groups is 1. The van der Waals surface area contributed by atoms with Gasteiger partial charge in [0.15, 0.2) is 11.6 Å². The zero-order valence-corrected chi connectivity index (χ0v) is 22.5. The molecule has 1 atom stereocenters. The Hall–Kier alpha value is -4.30. The molecule has 0 fully saturated rings. The van der Waals surface area contributed by atoms with E-state index in [1.54, 1.807) is 35.0 Å². The summed E-state index contributed by atoms with van der Waals surface area (Å²) in [4.78, 5) is 0. The SMILES string of the molecule is Cc1nn(-c2ccccc2)c(Oc2ccccc2F)c1C1CC(c2ccc(F)cc2)=NN1c1ccc(Br)cc1. The molecule has 4 aromatic carbocycles. The lowest BCUT2D eigenvalue weighted by Gasteiger charge is -2.24. The zero-order chi connectivity index (χ0) is 26.9. The zero-order valence-electron chi connectivity index (χ0n) is 20.9. The lowest BCUT2D eigenvalue weighted by atomic mass is 9.98. The fraction of sp³-hybridized carbons (Fsp3) is 0.0968. The molecule has 0 radical (unpaired) electrons. The number of halogens is 3. The number of ether oxygens (including phenoxy) is 1. The van der Waals surface area contributed by atoms with E-state index in [-0.39, 0.29) is 17.6 Å². The summed E-state index contributed by atoms with van der Waals surface area (Å²) in [7, 11) is 0. The normalized spacial score (nSPS) is 14.9. The Bertz CT molecular complexity index is 1650. The lowest BCUT2D eigenvalue weighted by Crippen LogP contribution is -2.19. The third-order valence-corrected chi connectivity index (χ3v) is 7.15. The predicted octanol–water partition coefficient (Wildman–Crippen LogP) is 8.37. The molecule has 0 N–H and O–H groups in total. The molecule has 0 saturated carbocycles. The number of aryl methyl sites for hydroxylation is 1. The molecule has 6 rings (SSSR count). The number of rotatable bonds is 6. The average Bonchev–Trinajstić information content (AvgIpc) is 3.52. The van der Waals surface area contributed by atoms with Crippen LogP contribution in [0.1, 0.15) is 29.3 Å². The Morgan fingerprint density at radius 1 is 0.821 bits per heavy atom. The van der Waals surface area contributed by atoms with Crippen molar-refractivity contribution in [3.8, 4) is 17.3 Å². The van der Waals surface area contributed by atoms with E-state index < -0.39 is 5.82 Å². The first kappa shape index (κ1) is 25.0. The van der Waals surface area contributed by atoms with Gasteiger partial charge >= 0.3 is 0 Å². The second kappa shape index (κ2) is 10.5. The maximum atomic E-state index is 14.8. The number of nitrogens with zero attached hydrogens (tertiary/aromatic N) is 4. The van der Waals surface area contributed by atoms with Crippen LogP contribution in [0.25, 0.3) is 5.69 Å². The van der Waals surface area contributed by atoms with Gasteiger partial charge in [0.1, 0.15) is 5.82 Å². The molecule has 0 saturated heterocycles. The third-order valence-electron chi connectivity index (χ3n) is 6.62.